The summed E-state index contributed by atoms with van der Waals surface area (Å²) >= 11 is 6.00. The fourth-order valence-electron chi connectivity index (χ4n) is 1.71. The molecule has 2 rings (SSSR count). The third kappa shape index (κ3) is 2.31. The first-order chi connectivity index (χ1) is 8.49. The predicted molar refractivity (Wildman–Crippen MR) is 68.0 cm³/mol. The average molecular weight is 267 g/mol. The van der Waals surface area contributed by atoms with E-state index in [1.165, 1.54) is 23.1 Å². The number of nitrogens with one attached hydrogen (secondary N) is 1. The number of rotatable bonds is 2. The van der Waals surface area contributed by atoms with Crippen molar-refractivity contribution >= 4 is 29.3 Å². The first-order valence-electron chi connectivity index (χ1n) is 5.28. The molecule has 0 unspecified atom stereocenters. The largest absolute Gasteiger partial charge is 0.478 e. The molecule has 1 aromatic carbocycles. The van der Waals surface area contributed by atoms with E-state index in [2.05, 4.69) is 11.9 Å². The Balaban J connectivity index is 2.38. The van der Waals surface area contributed by atoms with Crippen molar-refractivity contribution in [3.05, 3.63) is 41.1 Å². The normalized spacial score (nSPS) is 15.5. The lowest BCUT2D eigenvalue weighted by Gasteiger charge is -2.29. The molecular formula is C12H11ClN2O3. The van der Waals surface area contributed by atoms with Crippen LogP contribution in [-0.4, -0.2) is 23.7 Å². The quantitative estimate of drug-likeness (QED) is 0.864. The smallest absolute Gasteiger partial charge is 0.335 e. The molecule has 1 aliphatic heterocycles. The van der Waals surface area contributed by atoms with Crippen molar-refractivity contribution in [1.82, 2.24) is 5.32 Å². The van der Waals surface area contributed by atoms with Crippen LogP contribution in [0.3, 0.4) is 0 Å². The van der Waals surface area contributed by atoms with Crippen LogP contribution >= 0.6 is 11.6 Å². The minimum atomic E-state index is -1.06. The second kappa shape index (κ2) is 4.70. The summed E-state index contributed by atoms with van der Waals surface area (Å²) in [5, 5.41) is 11.9. The van der Waals surface area contributed by atoms with Crippen LogP contribution in [0.4, 0.5) is 10.5 Å². The van der Waals surface area contributed by atoms with Crippen molar-refractivity contribution in [2.24, 2.45) is 0 Å². The van der Waals surface area contributed by atoms with Gasteiger partial charge in [0, 0.05) is 18.7 Å². The Bertz CT molecular complexity index is 542. The van der Waals surface area contributed by atoms with Crippen LogP contribution in [-0.2, 0) is 0 Å². The van der Waals surface area contributed by atoms with E-state index < -0.39 is 5.97 Å². The number of carboxylic acid groups (broad SMARTS) is 1. The van der Waals surface area contributed by atoms with Gasteiger partial charge in [-0.15, -0.1) is 0 Å². The molecule has 0 aromatic heterocycles. The van der Waals surface area contributed by atoms with Gasteiger partial charge in [0.15, 0.2) is 0 Å². The lowest BCUT2D eigenvalue weighted by atomic mass is 10.1. The van der Waals surface area contributed by atoms with Crippen LogP contribution in [0.15, 0.2) is 30.5 Å². The number of hydrogen-bond donors (Lipinski definition) is 2. The minimum Gasteiger partial charge on any atom is -0.478 e. The predicted octanol–water partition coefficient (Wildman–Crippen LogP) is 2.47. The van der Waals surface area contributed by atoms with Gasteiger partial charge in [-0.05, 0) is 18.2 Å². The third-order valence-electron chi connectivity index (χ3n) is 2.65. The van der Waals surface area contributed by atoms with E-state index in [9.17, 15) is 9.59 Å². The lowest BCUT2D eigenvalue weighted by Crippen LogP contribution is -2.45. The number of benzene rings is 1. The summed E-state index contributed by atoms with van der Waals surface area (Å²) in [6, 6.07) is 3.90. The maximum atomic E-state index is 11.8. The number of carbonyl (C=O) groups is 2. The van der Waals surface area contributed by atoms with Crippen LogP contribution in [0.2, 0.25) is 5.02 Å². The zero-order valence-corrected chi connectivity index (χ0v) is 10.2. The molecule has 2 N–H and O–H groups in total. The maximum absolute atomic E-state index is 11.8. The van der Waals surface area contributed by atoms with Crippen LogP contribution in [0.25, 0.3) is 0 Å². The summed E-state index contributed by atoms with van der Waals surface area (Å²) in [5.41, 5.74) is 1.12. The molecule has 1 heterocycles. The summed E-state index contributed by atoms with van der Waals surface area (Å²) < 4.78 is 0. The molecule has 1 fully saturated rings. The van der Waals surface area contributed by atoms with Crippen molar-refractivity contribution in [2.45, 2.75) is 6.42 Å². The van der Waals surface area contributed by atoms with Gasteiger partial charge in [-0.2, -0.15) is 0 Å². The van der Waals surface area contributed by atoms with Crippen molar-refractivity contribution in [1.29, 1.82) is 0 Å². The van der Waals surface area contributed by atoms with Crippen molar-refractivity contribution in [2.75, 3.05) is 11.4 Å². The topological polar surface area (TPSA) is 69.6 Å². The maximum Gasteiger partial charge on any atom is 0.335 e. The minimum absolute atomic E-state index is 0.0894. The summed E-state index contributed by atoms with van der Waals surface area (Å²) in [7, 11) is 0. The van der Waals surface area contributed by atoms with E-state index in [1.54, 1.807) is 0 Å². The fraction of sp³-hybridized carbons (Fsp3) is 0.167. The van der Waals surface area contributed by atoms with Gasteiger partial charge in [0.1, 0.15) is 0 Å². The van der Waals surface area contributed by atoms with Gasteiger partial charge in [0.05, 0.1) is 16.3 Å². The fourth-order valence-corrected chi connectivity index (χ4v) is 1.93. The second-order valence-electron chi connectivity index (χ2n) is 3.91. The first-order valence-corrected chi connectivity index (χ1v) is 5.66. The summed E-state index contributed by atoms with van der Waals surface area (Å²) in [6.07, 6.45) is 0.597. The van der Waals surface area contributed by atoms with Gasteiger partial charge in [0.25, 0.3) is 0 Å². The molecule has 1 saturated heterocycles. The highest BCUT2D eigenvalue weighted by atomic mass is 35.5. The molecular weight excluding hydrogens is 256 g/mol. The van der Waals surface area contributed by atoms with E-state index >= 15 is 0 Å². The van der Waals surface area contributed by atoms with Crippen molar-refractivity contribution in [3.63, 3.8) is 0 Å². The van der Waals surface area contributed by atoms with Crippen LogP contribution in [0, 0.1) is 0 Å². The Labute approximate surface area is 109 Å². The molecule has 94 valence electrons. The molecule has 0 radical (unpaired) electrons. The number of amides is 2. The first kappa shape index (κ1) is 12.4. The Hall–Kier alpha value is -2.01. The number of nitrogens with zero attached hydrogens (tertiary/aromatic N) is 1. The molecule has 0 atom stereocenters. The monoisotopic (exact) mass is 266 g/mol. The summed E-state index contributed by atoms with van der Waals surface area (Å²) in [5.74, 6) is -1.06. The summed E-state index contributed by atoms with van der Waals surface area (Å²) in [6.45, 7) is 4.10. The highest BCUT2D eigenvalue weighted by Crippen LogP contribution is 2.29. The van der Waals surface area contributed by atoms with Crippen LogP contribution < -0.4 is 10.2 Å². The Morgan fingerprint density at radius 3 is 2.83 bits per heavy atom. The van der Waals surface area contributed by atoms with E-state index in [-0.39, 0.29) is 11.6 Å². The van der Waals surface area contributed by atoms with Crippen LogP contribution in [0.5, 0.6) is 0 Å². The highest BCUT2D eigenvalue weighted by molar-refractivity contribution is 6.34. The third-order valence-corrected chi connectivity index (χ3v) is 2.97. The van der Waals surface area contributed by atoms with Gasteiger partial charge in [-0.3, -0.25) is 4.90 Å². The second-order valence-corrected chi connectivity index (χ2v) is 4.31. The highest BCUT2D eigenvalue weighted by Gasteiger charge is 2.23. The number of urea groups is 1. The van der Waals surface area contributed by atoms with Gasteiger partial charge < -0.3 is 10.4 Å². The van der Waals surface area contributed by atoms with Crippen molar-refractivity contribution < 1.29 is 14.7 Å². The average Bonchev–Trinajstić information content (AvgIpc) is 2.30. The number of hydrogen-bond acceptors (Lipinski definition) is 2. The molecule has 0 aliphatic carbocycles. The van der Waals surface area contributed by atoms with E-state index in [1.807, 2.05) is 0 Å². The number of anilines is 1. The van der Waals surface area contributed by atoms with E-state index in [4.69, 9.17) is 16.7 Å². The molecule has 5 nitrogen and oxygen atoms in total. The van der Waals surface area contributed by atoms with Gasteiger partial charge in [0.2, 0.25) is 0 Å². The van der Waals surface area contributed by atoms with Crippen molar-refractivity contribution in [3.8, 4) is 0 Å². The van der Waals surface area contributed by atoms with E-state index in [0.29, 0.717) is 29.4 Å². The number of aromatic carboxylic acids is 1. The molecule has 2 amide bonds. The number of halogens is 1. The molecule has 6 heteroatoms. The zero-order valence-electron chi connectivity index (χ0n) is 9.44. The molecule has 0 saturated carbocycles. The van der Waals surface area contributed by atoms with Gasteiger partial charge in [-0.25, -0.2) is 9.59 Å². The standard InChI is InChI=1S/C12H11ClN2O3/c1-7-4-5-15(12(18)14-7)10-6-8(11(16)17)2-3-9(10)13/h2-3,6H,1,4-5H2,(H,14,18)(H,16,17). The molecule has 1 aliphatic rings. The Morgan fingerprint density at radius 1 is 1.50 bits per heavy atom. The molecule has 0 bridgehead atoms. The molecule has 1 aromatic rings. The Morgan fingerprint density at radius 2 is 2.22 bits per heavy atom. The van der Waals surface area contributed by atoms with Gasteiger partial charge >= 0.3 is 12.0 Å². The lowest BCUT2D eigenvalue weighted by molar-refractivity contribution is 0.0697. The summed E-state index contributed by atoms with van der Waals surface area (Å²) in [4.78, 5) is 24.1. The molecule has 18 heavy (non-hydrogen) atoms. The van der Waals surface area contributed by atoms with E-state index in [0.717, 1.165) is 0 Å². The number of carbonyl (C=O) groups excluding carboxylic acids is 1. The Kier molecular flexibility index (Phi) is 3.25. The number of carboxylic acids is 1. The molecule has 0 spiro atoms. The van der Waals surface area contributed by atoms with Gasteiger partial charge in [-0.1, -0.05) is 18.2 Å². The van der Waals surface area contributed by atoms with Crippen LogP contribution in [0.1, 0.15) is 16.8 Å². The zero-order chi connectivity index (χ0) is 13.3. The SMILES string of the molecule is C=C1CCN(c2cc(C(=O)O)ccc2Cl)C(=O)N1.